The summed E-state index contributed by atoms with van der Waals surface area (Å²) in [5.74, 6) is 0. The minimum Gasteiger partial charge on any atom is -0.399 e. The highest BCUT2D eigenvalue weighted by molar-refractivity contribution is 7.89. The summed E-state index contributed by atoms with van der Waals surface area (Å²) in [5.41, 5.74) is 13.4. The summed E-state index contributed by atoms with van der Waals surface area (Å²) in [6, 6.07) is 18.6. The molecule has 5 rings (SSSR count). The van der Waals surface area contributed by atoms with E-state index in [1.807, 2.05) is 17.0 Å². The predicted molar refractivity (Wildman–Crippen MR) is 143 cm³/mol. The maximum absolute atomic E-state index is 13.3. The Kier molecular flexibility index (Phi) is 6.26. The van der Waals surface area contributed by atoms with Gasteiger partial charge in [-0.2, -0.15) is 0 Å². The number of nitrogens with one attached hydrogen (secondary N) is 1. The molecule has 5 N–H and O–H groups in total. The van der Waals surface area contributed by atoms with E-state index in [4.69, 9.17) is 10.9 Å². The maximum Gasteiger partial charge on any atom is 0.322 e. The lowest BCUT2D eigenvalue weighted by Gasteiger charge is -2.25. The minimum absolute atomic E-state index is 0.0139. The molecule has 36 heavy (non-hydrogen) atoms. The van der Waals surface area contributed by atoms with Gasteiger partial charge < -0.3 is 11.1 Å². The van der Waals surface area contributed by atoms with Crippen LogP contribution in [0.1, 0.15) is 49.3 Å². The van der Waals surface area contributed by atoms with Crippen LogP contribution in [0.5, 0.6) is 0 Å². The zero-order chi connectivity index (χ0) is 25.5. The number of benzene rings is 3. The van der Waals surface area contributed by atoms with Gasteiger partial charge in [-0.3, -0.25) is 4.90 Å². The fourth-order valence-corrected chi connectivity index (χ4v) is 6.27. The van der Waals surface area contributed by atoms with Gasteiger partial charge in [0.1, 0.15) is 0 Å². The highest BCUT2D eigenvalue weighted by Gasteiger charge is 2.46. The molecular formula is C28H32N4O3S. The molecule has 1 heterocycles. The average molecular weight is 505 g/mol. The number of hydrogen-bond donors (Lipinski definition) is 3. The number of nitrogens with two attached hydrogens (primary N) is 2. The van der Waals surface area contributed by atoms with Crippen LogP contribution in [0.3, 0.4) is 0 Å². The van der Waals surface area contributed by atoms with Gasteiger partial charge in [-0.15, -0.1) is 0 Å². The molecule has 1 aliphatic carbocycles. The molecule has 2 amide bonds. The number of primary sulfonamides is 1. The molecule has 7 nitrogen and oxygen atoms in total. The van der Waals surface area contributed by atoms with Gasteiger partial charge in [0, 0.05) is 29.9 Å². The van der Waals surface area contributed by atoms with Crippen molar-refractivity contribution >= 4 is 27.4 Å². The van der Waals surface area contributed by atoms with E-state index in [2.05, 4.69) is 36.5 Å². The summed E-state index contributed by atoms with van der Waals surface area (Å²) in [6.07, 6.45) is 5.37. The smallest absolute Gasteiger partial charge is 0.322 e. The van der Waals surface area contributed by atoms with Gasteiger partial charge in [0.05, 0.1) is 4.90 Å². The van der Waals surface area contributed by atoms with Crippen LogP contribution in [-0.4, -0.2) is 21.0 Å². The minimum atomic E-state index is -3.74. The van der Waals surface area contributed by atoms with Crippen LogP contribution in [0, 0.1) is 0 Å². The molecule has 1 spiro atoms. The lowest BCUT2D eigenvalue weighted by molar-refractivity contribution is 0.245. The van der Waals surface area contributed by atoms with Gasteiger partial charge in [-0.1, -0.05) is 44.0 Å². The van der Waals surface area contributed by atoms with Crippen molar-refractivity contribution in [3.8, 4) is 11.1 Å². The average Bonchev–Trinajstić information content (AvgIpc) is 3.47. The Hall–Kier alpha value is -3.36. The van der Waals surface area contributed by atoms with E-state index in [0.29, 0.717) is 13.1 Å². The Morgan fingerprint density at radius 2 is 1.75 bits per heavy atom. The number of sulfonamides is 1. The molecule has 8 heteroatoms. The predicted octanol–water partition coefficient (Wildman–Crippen LogP) is 4.69. The second kappa shape index (κ2) is 9.26. The third-order valence-corrected chi connectivity index (χ3v) is 8.57. The molecule has 2 aliphatic rings. The van der Waals surface area contributed by atoms with Crippen molar-refractivity contribution < 1.29 is 13.2 Å². The van der Waals surface area contributed by atoms with Crippen molar-refractivity contribution in [3.05, 3.63) is 77.4 Å². The molecule has 1 aliphatic heterocycles. The highest BCUT2D eigenvalue weighted by Crippen LogP contribution is 2.51. The quantitative estimate of drug-likeness (QED) is 0.437. The van der Waals surface area contributed by atoms with Gasteiger partial charge in [-0.05, 0) is 83.5 Å². The molecule has 0 atom stereocenters. The first-order valence-corrected chi connectivity index (χ1v) is 14.0. The van der Waals surface area contributed by atoms with Crippen molar-refractivity contribution in [1.82, 2.24) is 5.32 Å². The van der Waals surface area contributed by atoms with E-state index in [1.165, 1.54) is 28.8 Å². The first-order valence-electron chi connectivity index (χ1n) is 12.4. The number of aryl methyl sites for hydroxylation is 1. The molecule has 0 bridgehead atoms. The van der Waals surface area contributed by atoms with Crippen molar-refractivity contribution in [2.24, 2.45) is 5.14 Å². The van der Waals surface area contributed by atoms with Gasteiger partial charge in [-0.25, -0.2) is 18.4 Å². The Morgan fingerprint density at radius 1 is 1.03 bits per heavy atom. The number of fused-ring (bicyclic) bond motifs is 2. The number of carbonyl (C=O) groups excluding carboxylic acids is 1. The van der Waals surface area contributed by atoms with Crippen LogP contribution in [0.15, 0.2) is 65.6 Å². The van der Waals surface area contributed by atoms with E-state index in [9.17, 15) is 13.2 Å². The summed E-state index contributed by atoms with van der Waals surface area (Å²) in [5, 5.41) is 8.18. The molecule has 3 aromatic rings. The second-order valence-corrected chi connectivity index (χ2v) is 11.5. The summed E-state index contributed by atoms with van der Waals surface area (Å²) in [6.45, 7) is 3.11. The van der Waals surface area contributed by atoms with Crippen LogP contribution in [0.4, 0.5) is 16.2 Å². The van der Waals surface area contributed by atoms with Crippen LogP contribution >= 0.6 is 0 Å². The molecule has 0 aromatic heterocycles. The molecule has 1 fully saturated rings. The van der Waals surface area contributed by atoms with Gasteiger partial charge >= 0.3 is 6.03 Å². The first kappa shape index (κ1) is 24.3. The highest BCUT2D eigenvalue weighted by atomic mass is 32.2. The molecule has 0 radical (unpaired) electrons. The normalized spacial score (nSPS) is 16.3. The zero-order valence-corrected chi connectivity index (χ0v) is 21.3. The van der Waals surface area contributed by atoms with Crippen molar-refractivity contribution in [2.45, 2.75) is 55.9 Å². The van der Waals surface area contributed by atoms with Crippen molar-refractivity contribution in [1.29, 1.82) is 0 Å². The van der Waals surface area contributed by atoms with Crippen LogP contribution in [0.2, 0.25) is 0 Å². The number of hydrogen-bond acceptors (Lipinski definition) is 4. The van der Waals surface area contributed by atoms with E-state index >= 15 is 0 Å². The lowest BCUT2D eigenvalue weighted by atomic mass is 9.79. The van der Waals surface area contributed by atoms with Gasteiger partial charge in [0.25, 0.3) is 0 Å². The van der Waals surface area contributed by atoms with Crippen molar-refractivity contribution in [2.75, 3.05) is 17.2 Å². The Morgan fingerprint density at radius 3 is 2.42 bits per heavy atom. The van der Waals surface area contributed by atoms with Crippen LogP contribution < -0.4 is 21.1 Å². The molecule has 3 aromatic carbocycles. The van der Waals surface area contributed by atoms with Gasteiger partial charge in [0.2, 0.25) is 10.0 Å². The topological polar surface area (TPSA) is 119 Å². The number of amides is 2. The number of anilines is 2. The molecule has 0 unspecified atom stereocenters. The molecular weight excluding hydrogens is 472 g/mol. The number of carbonyl (C=O) groups is 1. The Balaban J connectivity index is 1.41. The summed E-state index contributed by atoms with van der Waals surface area (Å²) in [7, 11) is -3.74. The van der Waals surface area contributed by atoms with Crippen molar-refractivity contribution in [3.63, 3.8) is 0 Å². The second-order valence-electron chi connectivity index (χ2n) is 9.92. The van der Waals surface area contributed by atoms with Gasteiger partial charge in [0.15, 0.2) is 0 Å². The molecule has 0 saturated heterocycles. The molecule has 1 saturated carbocycles. The SMILES string of the molecule is CCc1cc(N)ccc1-c1ccc2c(c1)C1(CCCC1)CN2C(=O)NCc1ccc(S(N)(=O)=O)cc1. The number of rotatable bonds is 5. The number of nitrogens with zero attached hydrogens (tertiary/aromatic N) is 1. The Bertz CT molecular complexity index is 1410. The fraction of sp³-hybridized carbons (Fsp3) is 0.321. The Labute approximate surface area is 212 Å². The van der Waals surface area contributed by atoms with Crippen LogP contribution in [0.25, 0.3) is 11.1 Å². The molecule has 188 valence electrons. The lowest BCUT2D eigenvalue weighted by Crippen LogP contribution is -2.41. The van der Waals surface area contributed by atoms with E-state index in [-0.39, 0.29) is 16.3 Å². The first-order chi connectivity index (χ1) is 17.2. The third-order valence-electron chi connectivity index (χ3n) is 7.64. The van der Waals surface area contributed by atoms with E-state index in [1.54, 1.807) is 12.1 Å². The summed E-state index contributed by atoms with van der Waals surface area (Å²) in [4.78, 5) is 15.2. The maximum atomic E-state index is 13.3. The summed E-state index contributed by atoms with van der Waals surface area (Å²) < 4.78 is 23.0. The number of urea groups is 1. The zero-order valence-electron chi connectivity index (χ0n) is 20.5. The van der Waals surface area contributed by atoms with Crippen LogP contribution in [-0.2, 0) is 28.4 Å². The largest absolute Gasteiger partial charge is 0.399 e. The standard InChI is InChI=1S/C28H32N4O3S/c1-2-20-15-22(29)8-11-24(20)21-7-12-26-25(16-21)28(13-3-4-14-28)18-32(26)27(33)31-17-19-5-9-23(10-6-19)36(30,34)35/h5-12,15-16H,2-4,13-14,17-18,29H2,1H3,(H,31,33)(H2,30,34,35). The summed E-state index contributed by atoms with van der Waals surface area (Å²) >= 11 is 0. The van der Waals surface area contributed by atoms with E-state index < -0.39 is 10.0 Å². The monoisotopic (exact) mass is 504 g/mol. The van der Waals surface area contributed by atoms with E-state index in [0.717, 1.165) is 54.6 Å². The fourth-order valence-electron chi connectivity index (χ4n) is 5.76. The number of nitrogen functional groups attached to an aromatic ring is 1. The third kappa shape index (κ3) is 4.47.